The van der Waals surface area contributed by atoms with E-state index in [1.807, 2.05) is 0 Å². The Balaban J connectivity index is 2.13. The maximum atomic E-state index is 13.1. The minimum atomic E-state index is -3.76. The highest BCUT2D eigenvalue weighted by Gasteiger charge is 2.22. The van der Waals surface area contributed by atoms with Crippen molar-refractivity contribution in [3.8, 4) is 0 Å². The van der Waals surface area contributed by atoms with Gasteiger partial charge >= 0.3 is 0 Å². The Morgan fingerprint density at radius 2 is 1.54 bits per heavy atom. The summed E-state index contributed by atoms with van der Waals surface area (Å²) in [4.78, 5) is 12.5. The molecule has 0 aliphatic rings. The van der Waals surface area contributed by atoms with Crippen molar-refractivity contribution in [1.82, 2.24) is 5.32 Å². The minimum Gasteiger partial charge on any atom is -0.348 e. The van der Waals surface area contributed by atoms with Gasteiger partial charge in [0.15, 0.2) is 9.84 Å². The van der Waals surface area contributed by atoms with Crippen LogP contribution in [0, 0.1) is 5.82 Å². The summed E-state index contributed by atoms with van der Waals surface area (Å²) in [5, 5.41) is 2.67. The molecule has 1 atom stereocenters. The maximum absolute atomic E-state index is 13.1. The van der Waals surface area contributed by atoms with E-state index in [0.29, 0.717) is 5.56 Å². The summed E-state index contributed by atoms with van der Waals surface area (Å²) in [6, 6.07) is 10.3. The lowest BCUT2D eigenvalue weighted by molar-refractivity contribution is -0.120. The number of sulfonamides is 1. The molecule has 1 amide bonds. The van der Waals surface area contributed by atoms with Crippen LogP contribution in [-0.4, -0.2) is 41.8 Å². The molecule has 0 aromatic heterocycles. The van der Waals surface area contributed by atoms with E-state index in [2.05, 4.69) is 5.32 Å². The SMILES string of the molecule is C[C@@H](NC(=O)CN(c1ccc(F)cc1)S(C)(=O)=O)c1ccc(S(C)(=O)=O)cc1. The third-order valence-corrected chi connectivity index (χ3v) is 6.26. The van der Waals surface area contributed by atoms with E-state index in [-0.39, 0.29) is 10.6 Å². The van der Waals surface area contributed by atoms with Gasteiger partial charge in [-0.3, -0.25) is 9.10 Å². The number of amides is 1. The van der Waals surface area contributed by atoms with Crippen molar-refractivity contribution in [3.05, 3.63) is 59.9 Å². The van der Waals surface area contributed by atoms with E-state index in [4.69, 9.17) is 0 Å². The van der Waals surface area contributed by atoms with Gasteiger partial charge in [-0.05, 0) is 48.9 Å². The second-order valence-corrected chi connectivity index (χ2v) is 10.3. The molecule has 7 nitrogen and oxygen atoms in total. The highest BCUT2D eigenvalue weighted by Crippen LogP contribution is 2.19. The van der Waals surface area contributed by atoms with E-state index in [0.717, 1.165) is 28.9 Å². The topological polar surface area (TPSA) is 101 Å². The predicted molar refractivity (Wildman–Crippen MR) is 105 cm³/mol. The normalized spacial score (nSPS) is 13.0. The largest absolute Gasteiger partial charge is 0.348 e. The molecule has 28 heavy (non-hydrogen) atoms. The van der Waals surface area contributed by atoms with Crippen LogP contribution in [0.3, 0.4) is 0 Å². The summed E-state index contributed by atoms with van der Waals surface area (Å²) in [6.07, 6.45) is 2.05. The van der Waals surface area contributed by atoms with Crippen molar-refractivity contribution < 1.29 is 26.0 Å². The van der Waals surface area contributed by atoms with Gasteiger partial charge in [0, 0.05) is 6.26 Å². The molecule has 2 rings (SSSR count). The van der Waals surface area contributed by atoms with Crippen molar-refractivity contribution in [3.63, 3.8) is 0 Å². The quantitative estimate of drug-likeness (QED) is 0.726. The first-order valence-electron chi connectivity index (χ1n) is 8.20. The lowest BCUT2D eigenvalue weighted by atomic mass is 10.1. The molecule has 2 aromatic rings. The van der Waals surface area contributed by atoms with E-state index < -0.39 is 44.2 Å². The van der Waals surface area contributed by atoms with Crippen LogP contribution < -0.4 is 9.62 Å². The molecule has 0 radical (unpaired) electrons. The number of carbonyl (C=O) groups excluding carboxylic acids is 1. The maximum Gasteiger partial charge on any atom is 0.241 e. The molecule has 0 saturated carbocycles. The van der Waals surface area contributed by atoms with E-state index in [1.165, 1.54) is 24.3 Å². The third-order valence-electron chi connectivity index (χ3n) is 3.99. The van der Waals surface area contributed by atoms with Crippen molar-refractivity contribution in [2.45, 2.75) is 17.9 Å². The second kappa shape index (κ2) is 8.27. The number of benzene rings is 2. The van der Waals surface area contributed by atoms with Gasteiger partial charge in [0.05, 0.1) is 22.9 Å². The first kappa shape index (κ1) is 21.8. The standard InChI is InChI=1S/C18H21FN2O5S2/c1-13(14-4-10-17(11-5-14)27(2,23)24)20-18(22)12-21(28(3,25)26)16-8-6-15(19)7-9-16/h4-11,13H,12H2,1-3H3,(H,20,22)/t13-/m1/s1. The molecule has 2 aromatic carbocycles. The van der Waals surface area contributed by atoms with Crippen molar-refractivity contribution >= 4 is 31.5 Å². The summed E-state index contributed by atoms with van der Waals surface area (Å²) in [5.74, 6) is -1.08. The Kier molecular flexibility index (Phi) is 6.45. The summed E-state index contributed by atoms with van der Waals surface area (Å²) in [6.45, 7) is 1.21. The van der Waals surface area contributed by atoms with Gasteiger partial charge in [0.2, 0.25) is 15.9 Å². The van der Waals surface area contributed by atoms with Crippen LogP contribution in [0.1, 0.15) is 18.5 Å². The van der Waals surface area contributed by atoms with Crippen LogP contribution in [0.4, 0.5) is 10.1 Å². The molecule has 0 unspecified atom stereocenters. The number of anilines is 1. The average Bonchev–Trinajstić information content (AvgIpc) is 2.59. The summed E-state index contributed by atoms with van der Waals surface area (Å²) < 4.78 is 61.0. The Labute approximate surface area is 164 Å². The zero-order chi connectivity index (χ0) is 21.1. The van der Waals surface area contributed by atoms with Gasteiger partial charge in [-0.25, -0.2) is 21.2 Å². The molecule has 0 saturated heterocycles. The third kappa shape index (κ3) is 5.77. The lowest BCUT2D eigenvalue weighted by Gasteiger charge is -2.23. The van der Waals surface area contributed by atoms with Crippen molar-refractivity contribution in [2.75, 3.05) is 23.4 Å². The van der Waals surface area contributed by atoms with Crippen LogP contribution >= 0.6 is 0 Å². The Morgan fingerprint density at radius 3 is 2.00 bits per heavy atom. The van der Waals surface area contributed by atoms with Crippen LogP contribution in [0.2, 0.25) is 0 Å². The van der Waals surface area contributed by atoms with E-state index in [1.54, 1.807) is 19.1 Å². The average molecular weight is 429 g/mol. The number of halogens is 1. The number of carbonyl (C=O) groups is 1. The van der Waals surface area contributed by atoms with Gasteiger partial charge < -0.3 is 5.32 Å². The highest BCUT2D eigenvalue weighted by atomic mass is 32.2. The first-order chi connectivity index (χ1) is 12.9. The molecular weight excluding hydrogens is 407 g/mol. The number of hydrogen-bond acceptors (Lipinski definition) is 5. The Bertz CT molecular complexity index is 1050. The number of hydrogen-bond donors (Lipinski definition) is 1. The van der Waals surface area contributed by atoms with Gasteiger partial charge in [0.25, 0.3) is 0 Å². The molecule has 0 bridgehead atoms. The summed E-state index contributed by atoms with van der Waals surface area (Å²) in [7, 11) is -7.09. The number of sulfone groups is 1. The molecule has 10 heteroatoms. The fourth-order valence-corrected chi connectivity index (χ4v) is 4.00. The Hall–Kier alpha value is -2.46. The molecule has 1 N–H and O–H groups in total. The monoisotopic (exact) mass is 428 g/mol. The Morgan fingerprint density at radius 1 is 1.00 bits per heavy atom. The van der Waals surface area contributed by atoms with Gasteiger partial charge in [-0.2, -0.15) is 0 Å². The van der Waals surface area contributed by atoms with Gasteiger partial charge in [-0.15, -0.1) is 0 Å². The number of nitrogens with zero attached hydrogens (tertiary/aromatic N) is 1. The van der Waals surface area contributed by atoms with Crippen molar-refractivity contribution in [2.24, 2.45) is 0 Å². The van der Waals surface area contributed by atoms with Gasteiger partial charge in [0.1, 0.15) is 12.4 Å². The predicted octanol–water partition coefficient (Wildman–Crippen LogP) is 1.87. The van der Waals surface area contributed by atoms with E-state index in [9.17, 15) is 26.0 Å². The molecule has 0 fully saturated rings. The smallest absolute Gasteiger partial charge is 0.241 e. The van der Waals surface area contributed by atoms with Crippen LogP contribution in [0.15, 0.2) is 53.4 Å². The minimum absolute atomic E-state index is 0.161. The zero-order valence-electron chi connectivity index (χ0n) is 15.6. The summed E-state index contributed by atoms with van der Waals surface area (Å²) >= 11 is 0. The summed E-state index contributed by atoms with van der Waals surface area (Å²) in [5.41, 5.74) is 0.831. The van der Waals surface area contributed by atoms with Crippen LogP contribution in [0.5, 0.6) is 0 Å². The van der Waals surface area contributed by atoms with Crippen LogP contribution in [-0.2, 0) is 24.7 Å². The fourth-order valence-electron chi connectivity index (χ4n) is 2.51. The number of nitrogens with one attached hydrogen (secondary N) is 1. The molecule has 0 aliphatic carbocycles. The molecule has 0 heterocycles. The molecule has 0 spiro atoms. The molecule has 0 aliphatic heterocycles. The van der Waals surface area contributed by atoms with Crippen LogP contribution in [0.25, 0.3) is 0 Å². The number of rotatable bonds is 7. The second-order valence-electron chi connectivity index (χ2n) is 6.38. The lowest BCUT2D eigenvalue weighted by Crippen LogP contribution is -2.41. The zero-order valence-corrected chi connectivity index (χ0v) is 17.2. The van der Waals surface area contributed by atoms with Crippen molar-refractivity contribution in [1.29, 1.82) is 0 Å². The van der Waals surface area contributed by atoms with Gasteiger partial charge in [-0.1, -0.05) is 12.1 Å². The fraction of sp³-hybridized carbons (Fsp3) is 0.278. The highest BCUT2D eigenvalue weighted by molar-refractivity contribution is 7.92. The molecule has 152 valence electrons. The first-order valence-corrected chi connectivity index (χ1v) is 11.9. The molecular formula is C18H21FN2O5S2. The van der Waals surface area contributed by atoms with E-state index >= 15 is 0 Å².